The molecular weight excluding hydrogens is 321 g/mol. The number of nitrogens with zero attached hydrogens (tertiary/aromatic N) is 1. The van der Waals surface area contributed by atoms with Crippen LogP contribution in [0, 0.1) is 0 Å². The van der Waals surface area contributed by atoms with Gasteiger partial charge in [-0.25, -0.2) is 4.98 Å². The SMILES string of the molecule is O=P(c1nc2ccccc2s1)(C1CCCCC1)C1CCCCC1. The van der Waals surface area contributed by atoms with E-state index < -0.39 is 7.14 Å². The van der Waals surface area contributed by atoms with E-state index in [0.29, 0.717) is 11.3 Å². The second-order valence-corrected chi connectivity index (χ2v) is 11.9. The fourth-order valence-corrected chi connectivity index (χ4v) is 10.8. The van der Waals surface area contributed by atoms with Crippen LogP contribution in [0.1, 0.15) is 64.2 Å². The van der Waals surface area contributed by atoms with Crippen LogP contribution in [0.4, 0.5) is 0 Å². The van der Waals surface area contributed by atoms with E-state index >= 15 is 0 Å². The molecule has 2 aliphatic rings. The summed E-state index contributed by atoms with van der Waals surface area (Å²) in [6.45, 7) is 0. The minimum absolute atomic E-state index is 0.403. The second-order valence-electron chi connectivity index (χ2n) is 7.26. The summed E-state index contributed by atoms with van der Waals surface area (Å²) >= 11 is 1.72. The number of hydrogen-bond donors (Lipinski definition) is 0. The van der Waals surface area contributed by atoms with E-state index in [4.69, 9.17) is 4.98 Å². The highest BCUT2D eigenvalue weighted by molar-refractivity contribution is 7.78. The van der Waals surface area contributed by atoms with Gasteiger partial charge in [0, 0.05) is 11.3 Å². The lowest BCUT2D eigenvalue weighted by atomic mass is 9.99. The van der Waals surface area contributed by atoms with Gasteiger partial charge in [-0.1, -0.05) is 50.7 Å². The number of para-hydroxylation sites is 1. The Morgan fingerprint density at radius 3 is 2.00 bits per heavy atom. The van der Waals surface area contributed by atoms with Crippen LogP contribution in [0.2, 0.25) is 0 Å². The first-order chi connectivity index (χ1) is 11.3. The smallest absolute Gasteiger partial charge is 0.154 e. The van der Waals surface area contributed by atoms with Crippen LogP contribution in [0.3, 0.4) is 0 Å². The van der Waals surface area contributed by atoms with Crippen molar-refractivity contribution in [1.82, 2.24) is 4.98 Å². The van der Waals surface area contributed by atoms with Crippen LogP contribution in [0.5, 0.6) is 0 Å². The molecule has 2 aliphatic carbocycles. The minimum Gasteiger partial charge on any atom is -0.316 e. The van der Waals surface area contributed by atoms with E-state index in [9.17, 15) is 4.57 Å². The normalized spacial score (nSPS) is 21.7. The van der Waals surface area contributed by atoms with Gasteiger partial charge >= 0.3 is 0 Å². The van der Waals surface area contributed by atoms with Crippen LogP contribution >= 0.6 is 18.5 Å². The molecule has 0 spiro atoms. The number of rotatable bonds is 3. The van der Waals surface area contributed by atoms with Crippen molar-refractivity contribution in [3.63, 3.8) is 0 Å². The zero-order valence-electron chi connectivity index (χ0n) is 13.7. The topological polar surface area (TPSA) is 30.0 Å². The first-order valence-corrected chi connectivity index (χ1v) is 11.9. The Kier molecular flexibility index (Phi) is 4.61. The summed E-state index contributed by atoms with van der Waals surface area (Å²) in [5.41, 5.74) is 1.85. The highest BCUT2D eigenvalue weighted by Crippen LogP contribution is 2.62. The molecule has 0 N–H and O–H groups in total. The van der Waals surface area contributed by atoms with Crippen LogP contribution in [0.25, 0.3) is 10.2 Å². The lowest BCUT2D eigenvalue weighted by Gasteiger charge is -2.36. The van der Waals surface area contributed by atoms with Crippen molar-refractivity contribution in [2.24, 2.45) is 0 Å². The molecule has 0 atom stereocenters. The Bertz CT molecular complexity index is 658. The lowest BCUT2D eigenvalue weighted by Crippen LogP contribution is -2.29. The summed E-state index contributed by atoms with van der Waals surface area (Å²) < 4.78 is 16.6. The van der Waals surface area contributed by atoms with E-state index in [2.05, 4.69) is 18.2 Å². The molecule has 0 unspecified atom stereocenters. The predicted octanol–water partition coefficient (Wildman–Crippen LogP) is 5.95. The molecule has 1 heterocycles. The third-order valence-corrected chi connectivity index (χ3v) is 11.7. The maximum Gasteiger partial charge on any atom is 0.154 e. The van der Waals surface area contributed by atoms with Crippen LogP contribution in [0.15, 0.2) is 24.3 Å². The Balaban J connectivity index is 1.78. The number of thiazole rings is 1. The van der Waals surface area contributed by atoms with Gasteiger partial charge in [0.15, 0.2) is 4.75 Å². The van der Waals surface area contributed by atoms with Gasteiger partial charge < -0.3 is 4.57 Å². The van der Waals surface area contributed by atoms with Crippen molar-refractivity contribution in [2.45, 2.75) is 75.5 Å². The van der Waals surface area contributed by atoms with Crippen molar-refractivity contribution < 1.29 is 4.57 Å². The molecule has 0 saturated heterocycles. The van der Waals surface area contributed by atoms with Gasteiger partial charge in [-0.15, -0.1) is 11.3 Å². The van der Waals surface area contributed by atoms with Crippen molar-refractivity contribution in [3.05, 3.63) is 24.3 Å². The van der Waals surface area contributed by atoms with E-state index in [1.165, 1.54) is 43.2 Å². The summed E-state index contributed by atoms with van der Waals surface area (Å²) in [5.74, 6) is 0. The highest BCUT2D eigenvalue weighted by Gasteiger charge is 2.44. The summed E-state index contributed by atoms with van der Waals surface area (Å²) in [6, 6.07) is 8.30. The van der Waals surface area contributed by atoms with Crippen molar-refractivity contribution >= 4 is 33.4 Å². The summed E-state index contributed by atoms with van der Waals surface area (Å²) in [5, 5.41) is 0. The van der Waals surface area contributed by atoms with Gasteiger partial charge in [-0.05, 0) is 37.8 Å². The zero-order chi connectivity index (χ0) is 15.7. The summed E-state index contributed by atoms with van der Waals surface area (Å²) in [6.07, 6.45) is 12.3. The van der Waals surface area contributed by atoms with Crippen molar-refractivity contribution in [1.29, 1.82) is 0 Å². The molecule has 23 heavy (non-hydrogen) atoms. The molecule has 2 aromatic rings. The molecule has 2 nitrogen and oxygen atoms in total. The Labute approximate surface area is 143 Å². The lowest BCUT2D eigenvalue weighted by molar-refractivity contribution is 0.452. The van der Waals surface area contributed by atoms with Crippen LogP contribution < -0.4 is 4.75 Å². The average Bonchev–Trinajstić information content (AvgIpc) is 3.07. The third kappa shape index (κ3) is 2.91. The molecule has 2 fully saturated rings. The van der Waals surface area contributed by atoms with Gasteiger partial charge in [0.25, 0.3) is 0 Å². The second kappa shape index (κ2) is 6.69. The molecule has 0 bridgehead atoms. The number of benzene rings is 1. The molecule has 2 saturated carbocycles. The molecule has 0 amide bonds. The Hall–Kier alpha value is -0.660. The predicted molar refractivity (Wildman–Crippen MR) is 101 cm³/mol. The van der Waals surface area contributed by atoms with Gasteiger partial charge in [-0.3, -0.25) is 0 Å². The number of aromatic nitrogens is 1. The molecule has 1 aromatic carbocycles. The fraction of sp³-hybridized carbons (Fsp3) is 0.632. The highest BCUT2D eigenvalue weighted by atomic mass is 32.1. The van der Waals surface area contributed by atoms with Gasteiger partial charge in [-0.2, -0.15) is 0 Å². The number of hydrogen-bond acceptors (Lipinski definition) is 3. The van der Waals surface area contributed by atoms with E-state index in [-0.39, 0.29) is 0 Å². The van der Waals surface area contributed by atoms with Crippen LogP contribution in [-0.4, -0.2) is 16.3 Å². The first-order valence-electron chi connectivity index (χ1n) is 9.24. The van der Waals surface area contributed by atoms with Crippen molar-refractivity contribution in [3.8, 4) is 0 Å². The molecule has 0 aliphatic heterocycles. The zero-order valence-corrected chi connectivity index (χ0v) is 15.5. The molecule has 1 aromatic heterocycles. The molecular formula is C19H26NOPS. The van der Waals surface area contributed by atoms with E-state index in [1.54, 1.807) is 11.3 Å². The van der Waals surface area contributed by atoms with Gasteiger partial charge in [0.2, 0.25) is 0 Å². The fourth-order valence-electron chi connectivity index (χ4n) is 4.55. The first kappa shape index (κ1) is 15.8. The largest absolute Gasteiger partial charge is 0.316 e. The van der Waals surface area contributed by atoms with E-state index in [0.717, 1.165) is 35.9 Å². The van der Waals surface area contributed by atoms with Gasteiger partial charge in [0.1, 0.15) is 7.14 Å². The monoisotopic (exact) mass is 347 g/mol. The maximum atomic E-state index is 14.4. The third-order valence-electron chi connectivity index (χ3n) is 5.82. The summed E-state index contributed by atoms with van der Waals surface area (Å²) in [4.78, 5) is 4.89. The van der Waals surface area contributed by atoms with Crippen LogP contribution in [-0.2, 0) is 4.57 Å². The number of fused-ring (bicyclic) bond motifs is 1. The quantitative estimate of drug-likeness (QED) is 0.642. The average molecular weight is 347 g/mol. The molecule has 4 heteroatoms. The van der Waals surface area contributed by atoms with E-state index in [1.807, 2.05) is 6.07 Å². The summed E-state index contributed by atoms with van der Waals surface area (Å²) in [7, 11) is -2.39. The van der Waals surface area contributed by atoms with Crippen molar-refractivity contribution in [2.75, 3.05) is 0 Å². The maximum absolute atomic E-state index is 14.4. The standard InChI is InChI=1S/C19H26NOPS/c21-22(15-9-3-1-4-10-15,16-11-5-2-6-12-16)19-20-17-13-7-8-14-18(17)23-19/h7-8,13-16H,1-6,9-12H2. The molecule has 0 radical (unpaired) electrons. The Morgan fingerprint density at radius 2 is 1.43 bits per heavy atom. The molecule has 124 valence electrons. The van der Waals surface area contributed by atoms with Gasteiger partial charge in [0.05, 0.1) is 10.2 Å². The molecule has 4 rings (SSSR count). The minimum atomic E-state index is -2.39. The Morgan fingerprint density at radius 1 is 0.870 bits per heavy atom.